The Kier molecular flexibility index (Phi) is 4.28. The molecule has 0 unspecified atom stereocenters. The van der Waals surface area contributed by atoms with Crippen LogP contribution in [0.5, 0.6) is 11.5 Å². The molecule has 2 aliphatic rings. The fourth-order valence-electron chi connectivity index (χ4n) is 4.98. The number of allylic oxidation sites excluding steroid dienone is 4. The Balaban J connectivity index is 1.85. The monoisotopic (exact) mass is 380 g/mol. The maximum absolute atomic E-state index is 5.43. The van der Waals surface area contributed by atoms with Gasteiger partial charge >= 0.3 is 0 Å². The number of fused-ring (bicyclic) bond motifs is 2. The Bertz CT molecular complexity index is 1050. The lowest BCUT2D eigenvalue weighted by molar-refractivity contribution is 0.414. The highest BCUT2D eigenvalue weighted by Gasteiger charge is 2.46. The number of methoxy groups -OCH3 is 2. The van der Waals surface area contributed by atoms with Gasteiger partial charge in [0.05, 0.1) is 19.6 Å². The van der Waals surface area contributed by atoms with Crippen molar-refractivity contribution in [2.75, 3.05) is 14.2 Å². The fourth-order valence-corrected chi connectivity index (χ4v) is 4.98. The van der Waals surface area contributed by atoms with Crippen LogP contribution in [0.3, 0.4) is 0 Å². The van der Waals surface area contributed by atoms with Gasteiger partial charge in [0.25, 0.3) is 0 Å². The van der Waals surface area contributed by atoms with Crippen molar-refractivity contribution in [2.24, 2.45) is 0 Å². The molecule has 29 heavy (non-hydrogen) atoms. The lowest BCUT2D eigenvalue weighted by atomic mass is 9.66. The second kappa shape index (κ2) is 6.97. The first kappa shape index (κ1) is 17.8. The van der Waals surface area contributed by atoms with Crippen LogP contribution in [0.1, 0.15) is 35.1 Å². The van der Waals surface area contributed by atoms with Gasteiger partial charge in [-0.15, -0.1) is 0 Å². The Morgan fingerprint density at radius 2 is 1.31 bits per heavy atom. The molecule has 3 aromatic rings. The zero-order chi connectivity index (χ0) is 19.8. The molecule has 2 nitrogen and oxygen atoms in total. The lowest BCUT2D eigenvalue weighted by Gasteiger charge is -2.35. The topological polar surface area (TPSA) is 18.5 Å². The van der Waals surface area contributed by atoms with Gasteiger partial charge in [-0.1, -0.05) is 60.7 Å². The summed E-state index contributed by atoms with van der Waals surface area (Å²) in [5.74, 6) is 1.75. The molecular weight excluding hydrogens is 356 g/mol. The quantitative estimate of drug-likeness (QED) is 0.540. The Labute approximate surface area is 172 Å². The van der Waals surface area contributed by atoms with Crippen LogP contribution in [-0.2, 0) is 5.41 Å². The van der Waals surface area contributed by atoms with Gasteiger partial charge in [0.15, 0.2) is 0 Å². The Morgan fingerprint density at radius 3 is 1.90 bits per heavy atom. The number of rotatable bonds is 4. The summed E-state index contributed by atoms with van der Waals surface area (Å²) in [4.78, 5) is 0. The molecule has 0 aromatic heterocycles. The van der Waals surface area contributed by atoms with Crippen LogP contribution in [0, 0.1) is 0 Å². The van der Waals surface area contributed by atoms with Gasteiger partial charge in [-0.05, 0) is 70.5 Å². The molecule has 0 N–H and O–H groups in total. The van der Waals surface area contributed by atoms with Gasteiger partial charge in [-0.25, -0.2) is 0 Å². The smallest absolute Gasteiger partial charge is 0.118 e. The second-order valence-electron chi connectivity index (χ2n) is 7.59. The Hall–Kier alpha value is -3.26. The molecule has 2 aliphatic carbocycles. The third-order valence-corrected chi connectivity index (χ3v) is 6.28. The molecule has 0 aliphatic heterocycles. The predicted octanol–water partition coefficient (Wildman–Crippen LogP) is 6.16. The van der Waals surface area contributed by atoms with Gasteiger partial charge in [0, 0.05) is 0 Å². The predicted molar refractivity (Wildman–Crippen MR) is 118 cm³/mol. The highest BCUT2D eigenvalue weighted by atomic mass is 16.5. The highest BCUT2D eigenvalue weighted by molar-refractivity contribution is 5.88. The first-order valence-corrected chi connectivity index (χ1v) is 10.1. The van der Waals surface area contributed by atoms with E-state index in [1.54, 1.807) is 14.2 Å². The number of hydrogen-bond acceptors (Lipinski definition) is 2. The number of ether oxygens (including phenoxy) is 2. The van der Waals surface area contributed by atoms with Gasteiger partial charge in [-0.2, -0.15) is 0 Å². The first-order chi connectivity index (χ1) is 14.3. The van der Waals surface area contributed by atoms with E-state index in [0.717, 1.165) is 24.3 Å². The van der Waals surface area contributed by atoms with Gasteiger partial charge in [0.2, 0.25) is 0 Å². The van der Waals surface area contributed by atoms with E-state index in [1.165, 1.54) is 33.4 Å². The summed E-state index contributed by atoms with van der Waals surface area (Å²) < 4.78 is 10.9. The van der Waals surface area contributed by atoms with E-state index in [2.05, 4.69) is 84.9 Å². The van der Waals surface area contributed by atoms with Gasteiger partial charge < -0.3 is 9.47 Å². The van der Waals surface area contributed by atoms with Crippen LogP contribution in [0.4, 0.5) is 0 Å². The zero-order valence-corrected chi connectivity index (χ0v) is 16.8. The SMILES string of the molecule is COc1ccc(C2(c3ccc(OC)cc3)C3=C(CCC=C3)c3ccccc32)cc1. The minimum atomic E-state index is -0.332. The molecule has 0 bridgehead atoms. The summed E-state index contributed by atoms with van der Waals surface area (Å²) in [5.41, 5.74) is 7.77. The van der Waals surface area contributed by atoms with E-state index in [9.17, 15) is 0 Å². The summed E-state index contributed by atoms with van der Waals surface area (Å²) in [6, 6.07) is 26.0. The first-order valence-electron chi connectivity index (χ1n) is 10.1. The molecule has 0 radical (unpaired) electrons. The summed E-state index contributed by atoms with van der Waals surface area (Å²) in [5, 5.41) is 0. The Morgan fingerprint density at radius 1 is 0.724 bits per heavy atom. The zero-order valence-electron chi connectivity index (χ0n) is 16.8. The van der Waals surface area contributed by atoms with E-state index in [4.69, 9.17) is 9.47 Å². The van der Waals surface area contributed by atoms with Crippen molar-refractivity contribution < 1.29 is 9.47 Å². The molecule has 0 atom stereocenters. The molecule has 144 valence electrons. The average Bonchev–Trinajstić information content (AvgIpc) is 3.11. The minimum absolute atomic E-state index is 0.332. The van der Waals surface area contributed by atoms with Crippen LogP contribution in [-0.4, -0.2) is 14.2 Å². The third kappa shape index (κ3) is 2.56. The highest BCUT2D eigenvalue weighted by Crippen LogP contribution is 2.57. The van der Waals surface area contributed by atoms with Crippen LogP contribution in [0.2, 0.25) is 0 Å². The van der Waals surface area contributed by atoms with Crippen LogP contribution in [0.15, 0.2) is 90.5 Å². The van der Waals surface area contributed by atoms with E-state index in [1.807, 2.05) is 0 Å². The van der Waals surface area contributed by atoms with Crippen molar-refractivity contribution >= 4 is 5.57 Å². The molecule has 2 heteroatoms. The standard InChI is InChI=1S/C27H24O2/c1-28-21-15-11-19(12-16-21)27(20-13-17-22(29-2)18-14-20)25-9-5-3-7-23(25)24-8-4-6-10-26(24)27/h3,5-7,9-18H,4,8H2,1-2H3. The summed E-state index contributed by atoms with van der Waals surface area (Å²) >= 11 is 0. The molecular formula is C27H24O2. The average molecular weight is 380 g/mol. The molecule has 0 heterocycles. The normalized spacial score (nSPS) is 16.3. The maximum atomic E-state index is 5.43. The van der Waals surface area contributed by atoms with Gasteiger partial charge in [0.1, 0.15) is 11.5 Å². The molecule has 0 fully saturated rings. The van der Waals surface area contributed by atoms with Crippen molar-refractivity contribution in [3.8, 4) is 11.5 Å². The van der Waals surface area contributed by atoms with E-state index >= 15 is 0 Å². The molecule has 0 saturated heterocycles. The van der Waals surface area contributed by atoms with Crippen molar-refractivity contribution in [1.82, 2.24) is 0 Å². The van der Waals surface area contributed by atoms with Crippen LogP contribution < -0.4 is 9.47 Å². The van der Waals surface area contributed by atoms with E-state index < -0.39 is 0 Å². The molecule has 0 saturated carbocycles. The second-order valence-corrected chi connectivity index (χ2v) is 7.59. The van der Waals surface area contributed by atoms with Gasteiger partial charge in [-0.3, -0.25) is 0 Å². The largest absolute Gasteiger partial charge is 0.497 e. The van der Waals surface area contributed by atoms with Crippen LogP contribution in [0.25, 0.3) is 5.57 Å². The molecule has 0 amide bonds. The number of benzene rings is 3. The van der Waals surface area contributed by atoms with E-state index in [0.29, 0.717) is 0 Å². The lowest BCUT2D eigenvalue weighted by Crippen LogP contribution is -2.29. The minimum Gasteiger partial charge on any atom is -0.497 e. The molecule has 0 spiro atoms. The van der Waals surface area contributed by atoms with E-state index in [-0.39, 0.29) is 5.41 Å². The maximum Gasteiger partial charge on any atom is 0.118 e. The van der Waals surface area contributed by atoms with Crippen molar-refractivity contribution in [3.63, 3.8) is 0 Å². The summed E-state index contributed by atoms with van der Waals surface area (Å²) in [6.45, 7) is 0. The van der Waals surface area contributed by atoms with Crippen molar-refractivity contribution in [2.45, 2.75) is 18.3 Å². The van der Waals surface area contributed by atoms with Crippen molar-refractivity contribution in [1.29, 1.82) is 0 Å². The number of hydrogen-bond donors (Lipinski definition) is 0. The van der Waals surface area contributed by atoms with Crippen molar-refractivity contribution in [3.05, 3.63) is 113 Å². The third-order valence-electron chi connectivity index (χ3n) is 6.28. The molecule has 3 aromatic carbocycles. The van der Waals surface area contributed by atoms with Crippen LogP contribution >= 0.6 is 0 Å². The summed E-state index contributed by atoms with van der Waals surface area (Å²) in [6.07, 6.45) is 6.82. The summed E-state index contributed by atoms with van der Waals surface area (Å²) in [7, 11) is 3.42. The molecule has 5 rings (SSSR count). The fraction of sp³-hybridized carbons (Fsp3) is 0.185.